The summed E-state index contributed by atoms with van der Waals surface area (Å²) < 4.78 is 2.19. The van der Waals surface area contributed by atoms with Gasteiger partial charge in [-0.1, -0.05) is 36.4 Å². The van der Waals surface area contributed by atoms with Gasteiger partial charge >= 0.3 is 0 Å². The maximum Gasteiger partial charge on any atom is 0.232 e. The predicted molar refractivity (Wildman–Crippen MR) is 83.9 cm³/mol. The van der Waals surface area contributed by atoms with Crippen LogP contribution in [0, 0.1) is 6.92 Å². The van der Waals surface area contributed by atoms with E-state index in [1.54, 1.807) is 11.8 Å². The van der Waals surface area contributed by atoms with Crippen LogP contribution in [0.1, 0.15) is 25.3 Å². The minimum absolute atomic E-state index is 0.984. The molecule has 1 aromatic carbocycles. The van der Waals surface area contributed by atoms with E-state index in [9.17, 15) is 0 Å². The van der Waals surface area contributed by atoms with E-state index < -0.39 is 0 Å². The Labute approximate surface area is 124 Å². The third-order valence-electron chi connectivity index (χ3n) is 3.57. The number of aromatic nitrogens is 3. The molecule has 0 saturated carbocycles. The smallest absolute Gasteiger partial charge is 0.232 e. The third kappa shape index (κ3) is 2.54. The monoisotopic (exact) mass is 288 g/mol. The van der Waals surface area contributed by atoms with Gasteiger partial charge in [-0.2, -0.15) is 0 Å². The molecule has 106 valence electrons. The Hall–Kier alpha value is -1.49. The van der Waals surface area contributed by atoms with Gasteiger partial charge in [0.25, 0.3) is 0 Å². The molecule has 0 bridgehead atoms. The fraction of sp³-hybridized carbons (Fsp3) is 0.467. The third-order valence-corrected chi connectivity index (χ3v) is 4.38. The van der Waals surface area contributed by atoms with E-state index in [2.05, 4.69) is 57.8 Å². The van der Waals surface area contributed by atoms with Gasteiger partial charge in [-0.05, 0) is 37.7 Å². The molecule has 0 atom stereocenters. The van der Waals surface area contributed by atoms with Crippen LogP contribution in [-0.4, -0.2) is 33.6 Å². The van der Waals surface area contributed by atoms with E-state index in [1.165, 1.54) is 18.4 Å². The first-order chi connectivity index (χ1) is 9.79. The summed E-state index contributed by atoms with van der Waals surface area (Å²) in [5.74, 6) is 1.99. The van der Waals surface area contributed by atoms with Gasteiger partial charge < -0.3 is 4.90 Å². The number of hydrogen-bond acceptors (Lipinski definition) is 4. The molecule has 0 aliphatic carbocycles. The molecule has 1 aliphatic rings. The van der Waals surface area contributed by atoms with Crippen molar-refractivity contribution in [2.75, 3.05) is 23.7 Å². The van der Waals surface area contributed by atoms with Crippen LogP contribution in [0.15, 0.2) is 29.4 Å². The van der Waals surface area contributed by atoms with E-state index in [4.69, 9.17) is 0 Å². The van der Waals surface area contributed by atoms with Gasteiger partial charge in [0, 0.05) is 13.1 Å². The van der Waals surface area contributed by atoms with Crippen molar-refractivity contribution in [1.82, 2.24) is 14.8 Å². The summed E-state index contributed by atoms with van der Waals surface area (Å²) in [6.07, 6.45) is 2.49. The number of benzene rings is 1. The van der Waals surface area contributed by atoms with Gasteiger partial charge in [0.2, 0.25) is 5.95 Å². The van der Waals surface area contributed by atoms with Gasteiger partial charge in [-0.25, -0.2) is 0 Å². The van der Waals surface area contributed by atoms with Crippen LogP contribution in [0.2, 0.25) is 0 Å². The molecule has 0 radical (unpaired) electrons. The summed E-state index contributed by atoms with van der Waals surface area (Å²) in [5.41, 5.74) is 2.42. The predicted octanol–water partition coefficient (Wildman–Crippen LogP) is 3.29. The van der Waals surface area contributed by atoms with Crippen LogP contribution in [0.4, 0.5) is 5.95 Å². The molecule has 2 heterocycles. The molecule has 4 nitrogen and oxygen atoms in total. The molecule has 0 N–H and O–H groups in total. The second-order valence-corrected chi connectivity index (χ2v) is 6.31. The molecule has 20 heavy (non-hydrogen) atoms. The summed E-state index contributed by atoms with van der Waals surface area (Å²) in [4.78, 5) is 2.34. The van der Waals surface area contributed by atoms with Gasteiger partial charge in [-0.3, -0.25) is 4.57 Å². The van der Waals surface area contributed by atoms with Crippen molar-refractivity contribution >= 4 is 17.7 Å². The van der Waals surface area contributed by atoms with Gasteiger partial charge in [0.05, 0.1) is 5.69 Å². The van der Waals surface area contributed by atoms with Crippen molar-refractivity contribution in [3.05, 3.63) is 29.8 Å². The first-order valence-electron chi connectivity index (χ1n) is 7.20. The lowest BCUT2D eigenvalue weighted by molar-refractivity contribution is 0.841. The van der Waals surface area contributed by atoms with Crippen LogP contribution in [-0.2, 0) is 0 Å². The van der Waals surface area contributed by atoms with Crippen molar-refractivity contribution < 1.29 is 0 Å². The maximum atomic E-state index is 4.43. The molecule has 0 unspecified atom stereocenters. The highest BCUT2D eigenvalue weighted by Crippen LogP contribution is 2.28. The minimum Gasteiger partial charge on any atom is -0.341 e. The molecule has 1 aromatic heterocycles. The van der Waals surface area contributed by atoms with Gasteiger partial charge in [-0.15, -0.1) is 10.2 Å². The average Bonchev–Trinajstić information content (AvgIpc) is 3.09. The van der Waals surface area contributed by atoms with E-state index in [0.717, 1.165) is 35.6 Å². The second-order valence-electron chi connectivity index (χ2n) is 5.08. The molecule has 1 aliphatic heterocycles. The summed E-state index contributed by atoms with van der Waals surface area (Å²) in [5, 5.41) is 9.80. The van der Waals surface area contributed by atoms with E-state index in [0.29, 0.717) is 0 Å². The Morgan fingerprint density at radius 2 is 1.80 bits per heavy atom. The van der Waals surface area contributed by atoms with E-state index in [1.807, 2.05) is 0 Å². The minimum atomic E-state index is 0.984. The summed E-state index contributed by atoms with van der Waals surface area (Å²) in [7, 11) is 0. The topological polar surface area (TPSA) is 34.0 Å². The summed E-state index contributed by atoms with van der Waals surface area (Å²) >= 11 is 1.74. The highest BCUT2D eigenvalue weighted by atomic mass is 32.2. The number of thioether (sulfide) groups is 1. The largest absolute Gasteiger partial charge is 0.341 e. The van der Waals surface area contributed by atoms with Crippen molar-refractivity contribution in [2.45, 2.75) is 31.8 Å². The second kappa shape index (κ2) is 5.87. The SMILES string of the molecule is CCSc1nnc(N2CCCC2)n1-c1ccc(C)cc1. The van der Waals surface area contributed by atoms with E-state index >= 15 is 0 Å². The zero-order chi connectivity index (χ0) is 13.9. The number of anilines is 1. The number of aryl methyl sites for hydroxylation is 1. The van der Waals surface area contributed by atoms with E-state index in [-0.39, 0.29) is 0 Å². The molecular weight excluding hydrogens is 268 g/mol. The molecular formula is C15H20N4S. The molecule has 1 fully saturated rings. The van der Waals surface area contributed by atoms with Crippen LogP contribution in [0.5, 0.6) is 0 Å². The van der Waals surface area contributed by atoms with Crippen molar-refractivity contribution in [2.24, 2.45) is 0 Å². The molecule has 0 spiro atoms. The fourth-order valence-electron chi connectivity index (χ4n) is 2.53. The normalized spacial score (nSPS) is 15.0. The molecule has 5 heteroatoms. The average molecular weight is 288 g/mol. The van der Waals surface area contributed by atoms with Gasteiger partial charge in [0.15, 0.2) is 5.16 Å². The fourth-order valence-corrected chi connectivity index (χ4v) is 3.20. The van der Waals surface area contributed by atoms with Crippen molar-refractivity contribution in [1.29, 1.82) is 0 Å². The Morgan fingerprint density at radius 1 is 1.10 bits per heavy atom. The first-order valence-corrected chi connectivity index (χ1v) is 8.18. The Morgan fingerprint density at radius 3 is 2.45 bits per heavy atom. The molecule has 1 saturated heterocycles. The summed E-state index contributed by atoms with van der Waals surface area (Å²) in [6.45, 7) is 6.43. The van der Waals surface area contributed by atoms with Crippen LogP contribution >= 0.6 is 11.8 Å². The zero-order valence-electron chi connectivity index (χ0n) is 12.0. The number of rotatable bonds is 4. The van der Waals surface area contributed by atoms with Crippen LogP contribution < -0.4 is 4.90 Å². The Kier molecular flexibility index (Phi) is 3.96. The van der Waals surface area contributed by atoms with Gasteiger partial charge in [0.1, 0.15) is 0 Å². The lowest BCUT2D eigenvalue weighted by Crippen LogP contribution is -2.22. The zero-order valence-corrected chi connectivity index (χ0v) is 12.9. The maximum absolute atomic E-state index is 4.43. The summed E-state index contributed by atoms with van der Waals surface area (Å²) in [6, 6.07) is 8.59. The number of nitrogens with zero attached hydrogens (tertiary/aromatic N) is 4. The Balaban J connectivity index is 2.04. The highest BCUT2D eigenvalue weighted by Gasteiger charge is 2.21. The number of hydrogen-bond donors (Lipinski definition) is 0. The highest BCUT2D eigenvalue weighted by molar-refractivity contribution is 7.99. The molecule has 3 rings (SSSR count). The quantitative estimate of drug-likeness (QED) is 0.809. The van der Waals surface area contributed by atoms with Crippen molar-refractivity contribution in [3.8, 4) is 5.69 Å². The lowest BCUT2D eigenvalue weighted by Gasteiger charge is -2.18. The van der Waals surface area contributed by atoms with Crippen LogP contribution in [0.25, 0.3) is 5.69 Å². The first kappa shape index (κ1) is 13.5. The standard InChI is InChI=1S/C15H20N4S/c1-3-20-15-17-16-14(18-10-4-5-11-18)19(15)13-8-6-12(2)7-9-13/h6-9H,3-5,10-11H2,1-2H3. The van der Waals surface area contributed by atoms with Crippen LogP contribution in [0.3, 0.4) is 0 Å². The van der Waals surface area contributed by atoms with Crippen molar-refractivity contribution in [3.63, 3.8) is 0 Å². The Bertz CT molecular complexity index is 570. The molecule has 0 amide bonds. The molecule has 2 aromatic rings. The lowest BCUT2D eigenvalue weighted by atomic mass is 10.2.